The van der Waals surface area contributed by atoms with E-state index in [4.69, 9.17) is 21.1 Å². The number of hydrogen-bond donors (Lipinski definition) is 1. The van der Waals surface area contributed by atoms with Crippen molar-refractivity contribution in [3.8, 4) is 0 Å². The summed E-state index contributed by atoms with van der Waals surface area (Å²) in [6, 6.07) is 0. The molecule has 0 aromatic carbocycles. The molecule has 0 aromatic heterocycles. The van der Waals surface area contributed by atoms with Crippen LogP contribution in [0.25, 0.3) is 0 Å². The molecule has 16 heavy (non-hydrogen) atoms. The minimum atomic E-state index is -2.36. The fourth-order valence-electron chi connectivity index (χ4n) is 0.872. The molecule has 0 spiro atoms. The van der Waals surface area contributed by atoms with Gasteiger partial charge in [-0.3, -0.25) is 4.79 Å². The lowest BCUT2D eigenvalue weighted by Crippen LogP contribution is -2.38. The predicted octanol–water partition coefficient (Wildman–Crippen LogP) is 1.21. The molecule has 6 heteroatoms. The van der Waals surface area contributed by atoms with Gasteiger partial charge >= 0.3 is 11.9 Å². The molecular formula is C10H17ClO5. The highest BCUT2D eigenvalue weighted by atomic mass is 35.5. The summed E-state index contributed by atoms with van der Waals surface area (Å²) in [5.74, 6) is -1.81. The molecule has 0 aromatic rings. The van der Waals surface area contributed by atoms with Crippen molar-refractivity contribution in [2.75, 3.05) is 0 Å². The van der Waals surface area contributed by atoms with Crippen molar-refractivity contribution >= 4 is 23.5 Å². The first kappa shape index (κ1) is 15.2. The lowest BCUT2D eigenvalue weighted by molar-refractivity contribution is -0.168. The Balaban J connectivity index is 4.33. The third-order valence-corrected chi connectivity index (χ3v) is 1.69. The molecule has 1 unspecified atom stereocenters. The van der Waals surface area contributed by atoms with Gasteiger partial charge in [-0.25, -0.2) is 4.79 Å². The van der Waals surface area contributed by atoms with E-state index in [0.717, 1.165) is 0 Å². The zero-order chi connectivity index (χ0) is 12.9. The smallest absolute Gasteiger partial charge is 0.354 e. The Kier molecular flexibility index (Phi) is 5.75. The van der Waals surface area contributed by atoms with E-state index < -0.39 is 29.5 Å². The SMILES string of the molecule is CC(C)OC(=O)CC(O)(Cl)C(=O)OC(C)C. The maximum atomic E-state index is 11.3. The average molecular weight is 253 g/mol. The molecule has 0 radical (unpaired) electrons. The van der Waals surface area contributed by atoms with Crippen LogP contribution in [0.15, 0.2) is 0 Å². The molecule has 5 nitrogen and oxygen atoms in total. The van der Waals surface area contributed by atoms with E-state index in [2.05, 4.69) is 0 Å². The van der Waals surface area contributed by atoms with E-state index in [1.54, 1.807) is 27.7 Å². The van der Waals surface area contributed by atoms with Crippen molar-refractivity contribution < 1.29 is 24.2 Å². The average Bonchev–Trinajstić information content (AvgIpc) is 1.98. The maximum absolute atomic E-state index is 11.3. The van der Waals surface area contributed by atoms with Crippen molar-refractivity contribution in [3.63, 3.8) is 0 Å². The quantitative estimate of drug-likeness (QED) is 0.588. The minimum Gasteiger partial charge on any atom is -0.463 e. The zero-order valence-corrected chi connectivity index (χ0v) is 10.6. The number of hydrogen-bond acceptors (Lipinski definition) is 5. The molecule has 0 saturated carbocycles. The Morgan fingerprint density at radius 1 is 1.19 bits per heavy atom. The first-order chi connectivity index (χ1) is 7.15. The molecule has 0 amide bonds. The van der Waals surface area contributed by atoms with Crippen molar-refractivity contribution in [1.82, 2.24) is 0 Å². The molecule has 1 atom stereocenters. The molecule has 0 rings (SSSR count). The van der Waals surface area contributed by atoms with Gasteiger partial charge in [0.1, 0.15) is 0 Å². The van der Waals surface area contributed by atoms with Crippen molar-refractivity contribution in [1.29, 1.82) is 0 Å². The van der Waals surface area contributed by atoms with Crippen LogP contribution in [0.1, 0.15) is 34.1 Å². The summed E-state index contributed by atoms with van der Waals surface area (Å²) < 4.78 is 9.44. The topological polar surface area (TPSA) is 72.8 Å². The highest BCUT2D eigenvalue weighted by Crippen LogP contribution is 2.20. The fraction of sp³-hybridized carbons (Fsp3) is 0.800. The van der Waals surface area contributed by atoms with Gasteiger partial charge in [-0.1, -0.05) is 11.6 Å². The van der Waals surface area contributed by atoms with Gasteiger partial charge in [-0.2, -0.15) is 0 Å². The standard InChI is InChI=1S/C10H17ClO5/c1-6(2)15-8(12)5-10(11,14)9(13)16-7(3)4/h6-7,14H,5H2,1-4H3. The number of esters is 2. The van der Waals surface area contributed by atoms with E-state index in [-0.39, 0.29) is 6.10 Å². The molecule has 0 aliphatic rings. The highest BCUT2D eigenvalue weighted by molar-refractivity contribution is 6.33. The summed E-state index contributed by atoms with van der Waals surface area (Å²) in [4.78, 5) is 22.5. The number of aliphatic hydroxyl groups is 1. The summed E-state index contributed by atoms with van der Waals surface area (Å²) in [6.45, 7) is 6.52. The monoisotopic (exact) mass is 252 g/mol. The third-order valence-electron chi connectivity index (χ3n) is 1.40. The minimum absolute atomic E-state index is 0.332. The van der Waals surface area contributed by atoms with E-state index in [0.29, 0.717) is 0 Å². The Morgan fingerprint density at radius 3 is 2.00 bits per heavy atom. The molecule has 94 valence electrons. The van der Waals surface area contributed by atoms with Crippen molar-refractivity contribution in [2.24, 2.45) is 0 Å². The summed E-state index contributed by atoms with van der Waals surface area (Å²) in [6.07, 6.45) is -1.39. The summed E-state index contributed by atoms with van der Waals surface area (Å²) in [5, 5.41) is 7.14. The normalized spacial score (nSPS) is 14.8. The largest absolute Gasteiger partial charge is 0.463 e. The highest BCUT2D eigenvalue weighted by Gasteiger charge is 2.39. The van der Waals surface area contributed by atoms with Crippen LogP contribution in [0.5, 0.6) is 0 Å². The second kappa shape index (κ2) is 6.06. The lowest BCUT2D eigenvalue weighted by Gasteiger charge is -2.20. The van der Waals surface area contributed by atoms with Crippen LogP contribution in [0.3, 0.4) is 0 Å². The predicted molar refractivity (Wildman–Crippen MR) is 57.9 cm³/mol. The summed E-state index contributed by atoms with van der Waals surface area (Å²) in [5.41, 5.74) is 0. The molecule has 0 aliphatic heterocycles. The number of halogens is 1. The number of ether oxygens (including phenoxy) is 2. The zero-order valence-electron chi connectivity index (χ0n) is 9.82. The van der Waals surface area contributed by atoms with E-state index in [1.165, 1.54) is 0 Å². The number of rotatable bonds is 5. The van der Waals surface area contributed by atoms with Gasteiger partial charge in [0.15, 0.2) is 0 Å². The number of carbonyl (C=O) groups excluding carboxylic acids is 2. The molecule has 1 N–H and O–H groups in total. The van der Waals surface area contributed by atoms with Gasteiger partial charge in [0.05, 0.1) is 18.6 Å². The molecule has 0 bridgehead atoms. The van der Waals surface area contributed by atoms with E-state index in [9.17, 15) is 14.7 Å². The van der Waals surface area contributed by atoms with Crippen LogP contribution in [0.4, 0.5) is 0 Å². The molecule has 0 heterocycles. The third kappa shape index (κ3) is 5.92. The number of carbonyl (C=O) groups is 2. The second-order valence-corrected chi connectivity index (χ2v) is 4.55. The van der Waals surface area contributed by atoms with Crippen LogP contribution >= 0.6 is 11.6 Å². The van der Waals surface area contributed by atoms with Crippen LogP contribution in [0, 0.1) is 0 Å². The fourth-order valence-corrected chi connectivity index (χ4v) is 1.03. The Morgan fingerprint density at radius 2 is 1.62 bits per heavy atom. The lowest BCUT2D eigenvalue weighted by atomic mass is 10.2. The van der Waals surface area contributed by atoms with E-state index >= 15 is 0 Å². The first-order valence-corrected chi connectivity index (χ1v) is 5.34. The van der Waals surface area contributed by atoms with Crippen molar-refractivity contribution in [2.45, 2.75) is 51.4 Å². The van der Waals surface area contributed by atoms with Gasteiger partial charge in [0.25, 0.3) is 0 Å². The summed E-state index contributed by atoms with van der Waals surface area (Å²) >= 11 is 5.49. The van der Waals surface area contributed by atoms with Gasteiger partial charge < -0.3 is 14.6 Å². The Hall–Kier alpha value is -0.810. The molecule has 0 fully saturated rings. The molecular weight excluding hydrogens is 236 g/mol. The number of alkyl halides is 1. The van der Waals surface area contributed by atoms with Crippen LogP contribution < -0.4 is 0 Å². The summed E-state index contributed by atoms with van der Waals surface area (Å²) in [7, 11) is 0. The Bertz CT molecular complexity index is 260. The Labute approximate surface area is 99.7 Å². The first-order valence-electron chi connectivity index (χ1n) is 4.97. The van der Waals surface area contributed by atoms with Crippen LogP contribution in [-0.4, -0.2) is 34.3 Å². The second-order valence-electron chi connectivity index (χ2n) is 3.93. The van der Waals surface area contributed by atoms with Crippen LogP contribution in [0.2, 0.25) is 0 Å². The maximum Gasteiger partial charge on any atom is 0.354 e. The van der Waals surface area contributed by atoms with Crippen LogP contribution in [-0.2, 0) is 19.1 Å². The van der Waals surface area contributed by atoms with Gasteiger partial charge in [-0.15, -0.1) is 0 Å². The van der Waals surface area contributed by atoms with Gasteiger partial charge in [-0.05, 0) is 27.7 Å². The van der Waals surface area contributed by atoms with Gasteiger partial charge in [0, 0.05) is 0 Å². The van der Waals surface area contributed by atoms with Crippen molar-refractivity contribution in [3.05, 3.63) is 0 Å². The molecule has 0 saturated heterocycles. The molecule has 0 aliphatic carbocycles. The van der Waals surface area contributed by atoms with E-state index in [1.807, 2.05) is 0 Å². The van der Waals surface area contributed by atoms with Gasteiger partial charge in [0.2, 0.25) is 5.06 Å².